The van der Waals surface area contributed by atoms with Gasteiger partial charge >= 0.3 is 18.5 Å². The lowest BCUT2D eigenvalue weighted by Crippen LogP contribution is -2.55. The summed E-state index contributed by atoms with van der Waals surface area (Å²) in [7, 11) is 1.30. The van der Waals surface area contributed by atoms with Gasteiger partial charge in [0.1, 0.15) is 0 Å². The van der Waals surface area contributed by atoms with Crippen LogP contribution in [0.3, 0.4) is 0 Å². The van der Waals surface area contributed by atoms with Gasteiger partial charge in [0.25, 0.3) is 5.60 Å². The summed E-state index contributed by atoms with van der Waals surface area (Å²) in [5.41, 5.74) is -8.28. The number of hydrogen-bond acceptors (Lipinski definition) is 2. The van der Waals surface area contributed by atoms with Crippen molar-refractivity contribution in [2.45, 2.75) is 76.7 Å². The zero-order chi connectivity index (χ0) is 29.0. The lowest BCUT2D eigenvalue weighted by molar-refractivity contribution is -0.383. The van der Waals surface area contributed by atoms with Crippen LogP contribution in [0, 0.1) is 11.8 Å². The molecule has 0 amide bonds. The quantitative estimate of drug-likeness (QED) is 0.203. The van der Waals surface area contributed by atoms with Crippen molar-refractivity contribution < 1.29 is 49.0 Å². The van der Waals surface area contributed by atoms with Crippen LogP contribution in [-0.2, 0) is 21.5 Å². The number of rotatable bonds is 11. The SMILES string of the molecule is C=C(C[C@@H](C)C[C@@H](C)Cc1ccccc1C(OC)(C(F)(F)F)C(F)(F)F)/C(=C\C)[C@](C)(OC)C(F)(F)F. The van der Waals surface area contributed by atoms with Crippen LogP contribution in [-0.4, -0.2) is 38.3 Å². The van der Waals surface area contributed by atoms with Gasteiger partial charge in [-0.3, -0.25) is 0 Å². The van der Waals surface area contributed by atoms with Crippen LogP contribution in [0.15, 0.2) is 48.1 Å². The molecule has 1 rings (SSSR count). The fourth-order valence-electron chi connectivity index (χ4n) is 4.80. The topological polar surface area (TPSA) is 18.5 Å². The Morgan fingerprint density at radius 1 is 0.865 bits per heavy atom. The zero-order valence-electron chi connectivity index (χ0n) is 21.6. The molecule has 0 aliphatic heterocycles. The maximum atomic E-state index is 13.8. The summed E-state index contributed by atoms with van der Waals surface area (Å²) in [4.78, 5) is 0. The molecule has 0 spiro atoms. The monoisotopic (exact) mass is 548 g/mol. The van der Waals surface area contributed by atoms with Crippen molar-refractivity contribution in [3.63, 3.8) is 0 Å². The maximum absolute atomic E-state index is 13.8. The number of halogens is 9. The Kier molecular flexibility index (Phi) is 10.5. The number of ether oxygens (including phenoxy) is 2. The minimum absolute atomic E-state index is 0.119. The number of methoxy groups -OCH3 is 2. The molecule has 0 heterocycles. The molecule has 212 valence electrons. The van der Waals surface area contributed by atoms with E-state index in [2.05, 4.69) is 11.3 Å². The van der Waals surface area contributed by atoms with Crippen molar-refractivity contribution in [2.24, 2.45) is 11.8 Å². The van der Waals surface area contributed by atoms with E-state index in [0.29, 0.717) is 13.5 Å². The summed E-state index contributed by atoms with van der Waals surface area (Å²) in [5.74, 6) is -0.693. The van der Waals surface area contributed by atoms with E-state index in [-0.39, 0.29) is 35.5 Å². The fourth-order valence-corrected chi connectivity index (χ4v) is 4.80. The zero-order valence-corrected chi connectivity index (χ0v) is 21.6. The first kappa shape index (κ1) is 33.0. The van der Waals surface area contributed by atoms with E-state index in [0.717, 1.165) is 26.2 Å². The third-order valence-electron chi connectivity index (χ3n) is 6.60. The van der Waals surface area contributed by atoms with Crippen LogP contribution < -0.4 is 0 Å². The molecule has 0 unspecified atom stereocenters. The van der Waals surface area contributed by atoms with E-state index in [1.54, 1.807) is 13.8 Å². The first-order chi connectivity index (χ1) is 16.7. The highest BCUT2D eigenvalue weighted by Crippen LogP contribution is 2.53. The van der Waals surface area contributed by atoms with Gasteiger partial charge in [-0.25, -0.2) is 0 Å². The van der Waals surface area contributed by atoms with Crippen molar-refractivity contribution in [3.8, 4) is 0 Å². The van der Waals surface area contributed by atoms with Crippen molar-refractivity contribution in [1.29, 1.82) is 0 Å². The number of hydrogen-bond donors (Lipinski definition) is 0. The Balaban J connectivity index is 3.18. The smallest absolute Gasteiger partial charge is 0.364 e. The average Bonchev–Trinajstić information content (AvgIpc) is 2.72. The summed E-state index contributed by atoms with van der Waals surface area (Å²) in [5, 5.41) is 0. The Labute approximate surface area is 211 Å². The molecule has 0 aliphatic carbocycles. The summed E-state index contributed by atoms with van der Waals surface area (Å²) < 4.78 is 133. The second-order valence-electron chi connectivity index (χ2n) is 9.43. The second kappa shape index (κ2) is 11.8. The van der Waals surface area contributed by atoms with Crippen molar-refractivity contribution >= 4 is 0 Å². The van der Waals surface area contributed by atoms with Crippen molar-refractivity contribution in [1.82, 2.24) is 0 Å². The van der Waals surface area contributed by atoms with Gasteiger partial charge in [-0.1, -0.05) is 50.8 Å². The van der Waals surface area contributed by atoms with E-state index in [9.17, 15) is 39.5 Å². The fraction of sp³-hybridized carbons (Fsp3) is 0.615. The van der Waals surface area contributed by atoms with Crippen LogP contribution in [0.2, 0.25) is 0 Å². The number of benzene rings is 1. The molecule has 0 aliphatic rings. The average molecular weight is 549 g/mol. The van der Waals surface area contributed by atoms with Gasteiger partial charge in [0.05, 0.1) is 0 Å². The van der Waals surface area contributed by atoms with Gasteiger partial charge in [0.2, 0.25) is 0 Å². The van der Waals surface area contributed by atoms with E-state index in [1.807, 2.05) is 0 Å². The number of alkyl halides is 9. The van der Waals surface area contributed by atoms with E-state index in [1.165, 1.54) is 25.1 Å². The van der Waals surface area contributed by atoms with E-state index < -0.39 is 41.2 Å². The molecule has 0 saturated carbocycles. The molecule has 37 heavy (non-hydrogen) atoms. The van der Waals surface area contributed by atoms with Gasteiger partial charge in [0, 0.05) is 19.8 Å². The van der Waals surface area contributed by atoms with Gasteiger partial charge in [0.15, 0.2) is 5.60 Å². The summed E-state index contributed by atoms with van der Waals surface area (Å²) in [6.45, 7) is 9.47. The third kappa shape index (κ3) is 6.71. The standard InChI is InChI=1S/C26H33F9O2/c1-8-20(22(5,36-6)24(27,28)29)18(4)14-16(2)13-17(3)15-19-11-9-10-12-21(19)23(37-7,25(30,31)32)26(33,34)35/h8-12,16-17H,4,13-15H2,1-3,5-7H3/b20-8+/t16-,17+,22-/m0/s1. The van der Waals surface area contributed by atoms with E-state index >= 15 is 0 Å². The molecular weight excluding hydrogens is 515 g/mol. The Hall–Kier alpha value is -2.01. The lowest BCUT2D eigenvalue weighted by atomic mass is 9.80. The highest BCUT2D eigenvalue weighted by Gasteiger charge is 2.73. The molecule has 0 aromatic heterocycles. The normalized spacial score (nSPS) is 17.3. The summed E-state index contributed by atoms with van der Waals surface area (Å²) in [6, 6.07) is 4.35. The molecule has 2 nitrogen and oxygen atoms in total. The van der Waals surface area contributed by atoms with Gasteiger partial charge in [-0.15, -0.1) is 0 Å². The molecule has 0 fully saturated rings. The molecule has 0 radical (unpaired) electrons. The van der Waals surface area contributed by atoms with E-state index in [4.69, 9.17) is 4.74 Å². The predicted octanol–water partition coefficient (Wildman–Crippen LogP) is 8.72. The van der Waals surface area contributed by atoms with Gasteiger partial charge in [-0.2, -0.15) is 39.5 Å². The van der Waals surface area contributed by atoms with Crippen LogP contribution in [0.1, 0.15) is 51.7 Å². The third-order valence-corrected chi connectivity index (χ3v) is 6.60. The van der Waals surface area contributed by atoms with Gasteiger partial charge < -0.3 is 9.47 Å². The van der Waals surface area contributed by atoms with Crippen molar-refractivity contribution in [2.75, 3.05) is 14.2 Å². The molecular formula is C26H33F9O2. The molecule has 11 heteroatoms. The summed E-state index contributed by atoms with van der Waals surface area (Å²) in [6.07, 6.45) is -14.7. The minimum Gasteiger partial charge on any atom is -0.364 e. The minimum atomic E-state index is -5.78. The van der Waals surface area contributed by atoms with Crippen molar-refractivity contribution in [3.05, 3.63) is 59.2 Å². The molecule has 0 N–H and O–H groups in total. The number of allylic oxidation sites excluding steroid dienone is 1. The van der Waals surface area contributed by atoms with Crippen LogP contribution in [0.25, 0.3) is 0 Å². The first-order valence-corrected chi connectivity index (χ1v) is 11.5. The first-order valence-electron chi connectivity index (χ1n) is 11.5. The second-order valence-corrected chi connectivity index (χ2v) is 9.43. The Bertz CT molecular complexity index is 931. The molecule has 3 atom stereocenters. The molecule has 1 aromatic carbocycles. The summed E-state index contributed by atoms with van der Waals surface area (Å²) >= 11 is 0. The lowest BCUT2D eigenvalue weighted by Gasteiger charge is -2.37. The predicted molar refractivity (Wildman–Crippen MR) is 123 cm³/mol. The Morgan fingerprint density at radius 3 is 1.78 bits per heavy atom. The highest BCUT2D eigenvalue weighted by atomic mass is 19.4. The largest absolute Gasteiger partial charge is 0.430 e. The van der Waals surface area contributed by atoms with Crippen LogP contribution in [0.5, 0.6) is 0 Å². The molecule has 0 bridgehead atoms. The molecule has 1 aromatic rings. The maximum Gasteiger partial charge on any atom is 0.430 e. The molecule has 0 saturated heterocycles. The highest BCUT2D eigenvalue weighted by molar-refractivity contribution is 5.38. The van der Waals surface area contributed by atoms with Crippen LogP contribution >= 0.6 is 0 Å². The Morgan fingerprint density at radius 2 is 1.38 bits per heavy atom. The van der Waals surface area contributed by atoms with Crippen LogP contribution in [0.4, 0.5) is 39.5 Å². The van der Waals surface area contributed by atoms with Gasteiger partial charge in [-0.05, 0) is 61.7 Å².